The van der Waals surface area contributed by atoms with Crippen LogP contribution in [0, 0.1) is 0 Å². The summed E-state index contributed by atoms with van der Waals surface area (Å²) in [6.45, 7) is -7.22. The third-order valence-electron chi connectivity index (χ3n) is 18.4. The predicted octanol–water partition coefficient (Wildman–Crippen LogP) is -18.6. The van der Waals surface area contributed by atoms with Crippen LogP contribution in [0.4, 0.5) is 0 Å². The van der Waals surface area contributed by atoms with Gasteiger partial charge in [0.15, 0.2) is 49.8 Å². The maximum Gasteiger partial charge on any atom is 0.364 e. The first kappa shape index (κ1) is 84.9. The van der Waals surface area contributed by atoms with Crippen molar-refractivity contribution in [3.63, 3.8) is 0 Å². The molecule has 8 rings (SSSR count). The van der Waals surface area contributed by atoms with Gasteiger partial charge in [-0.25, -0.2) is 28.8 Å². The molecule has 0 aromatic heterocycles. The first-order valence-corrected chi connectivity index (χ1v) is 31.3. The van der Waals surface area contributed by atoms with E-state index in [0.717, 1.165) is 0 Å². The quantitative estimate of drug-likeness (QED) is 0.0346. The summed E-state index contributed by atoms with van der Waals surface area (Å²) in [5, 5.41) is 314. The summed E-state index contributed by atoms with van der Waals surface area (Å²) in [6, 6.07) is 0. The van der Waals surface area contributed by atoms with Gasteiger partial charge in [-0.2, -0.15) is 0 Å². The Balaban J connectivity index is 1.29. The highest BCUT2D eigenvalue weighted by Gasteiger charge is 2.67. The van der Waals surface area contributed by atoms with Gasteiger partial charge < -0.3 is 219 Å². The summed E-state index contributed by atoms with van der Waals surface area (Å²) in [5.41, 5.74) is 0. The summed E-state index contributed by atoms with van der Waals surface area (Å²) in [6.07, 6.45) is -100. The predicted molar refractivity (Wildman–Crippen MR) is 300 cm³/mol. The lowest BCUT2D eigenvalue weighted by molar-refractivity contribution is -0.419. The van der Waals surface area contributed by atoms with Gasteiger partial charge in [0.25, 0.3) is 17.4 Å². The second kappa shape index (κ2) is 34.1. The normalized spacial score (nSPS) is 48.3. The minimum atomic E-state index is -4.03. The van der Waals surface area contributed by atoms with E-state index in [1.54, 1.807) is 0 Å². The summed E-state index contributed by atoms with van der Waals surface area (Å²) in [5.74, 6) is -25.4. The van der Waals surface area contributed by atoms with Gasteiger partial charge in [0, 0.05) is 19.3 Å². The van der Waals surface area contributed by atoms with Crippen molar-refractivity contribution in [1.29, 1.82) is 0 Å². The van der Waals surface area contributed by atoms with E-state index in [0.29, 0.717) is 0 Å². The molecule has 8 aliphatic heterocycles. The molecule has 50 heteroatoms. The molecule has 0 aromatic carbocycles. The molecule has 0 radical (unpaired) electrons. The Morgan fingerprint density at radius 3 is 1.12 bits per heavy atom. The van der Waals surface area contributed by atoms with E-state index in [2.05, 4.69) is 0 Å². The molecule has 40 atom stereocenters. The van der Waals surface area contributed by atoms with E-state index in [-0.39, 0.29) is 0 Å². The van der Waals surface area contributed by atoms with E-state index < -0.39 is 332 Å². The molecular weight excluding hydrogens is 1450 g/mol. The zero-order valence-electron chi connectivity index (χ0n) is 53.1. The highest BCUT2D eigenvalue weighted by Crippen LogP contribution is 2.47. The molecule has 8 aliphatic rings. The second-order valence-electron chi connectivity index (χ2n) is 25.4. The molecule has 8 heterocycles. The Kier molecular flexibility index (Phi) is 27.8. The Morgan fingerprint density at radius 1 is 0.356 bits per heavy atom. The Labute approximate surface area is 579 Å². The molecular formula is C54H82O50. The number of hydrogen-bond donors (Lipinski definition) is 29. The number of carboxylic acids is 6. The van der Waals surface area contributed by atoms with Crippen LogP contribution < -0.4 is 0 Å². The molecule has 29 N–H and O–H groups in total. The van der Waals surface area contributed by atoms with Gasteiger partial charge in [-0.15, -0.1) is 0 Å². The number of carboxylic acid groups (broad SMARTS) is 6. The van der Waals surface area contributed by atoms with E-state index in [1.807, 2.05) is 0 Å². The third-order valence-corrected chi connectivity index (χ3v) is 18.4. The van der Waals surface area contributed by atoms with E-state index in [1.165, 1.54) is 0 Å². The monoisotopic (exact) mass is 1530 g/mol. The Bertz CT molecular complexity index is 2920. The average molecular weight is 1530 g/mol. The molecule has 8 saturated heterocycles. The fourth-order valence-corrected chi connectivity index (χ4v) is 12.7. The zero-order valence-corrected chi connectivity index (χ0v) is 53.1. The van der Waals surface area contributed by atoms with Crippen molar-refractivity contribution < 1.29 is 248 Å². The summed E-state index contributed by atoms with van der Waals surface area (Å²) >= 11 is 0. The van der Waals surface area contributed by atoms with E-state index in [4.69, 9.17) is 71.1 Å². The molecule has 50 nitrogen and oxygen atoms in total. The van der Waals surface area contributed by atoms with Crippen LogP contribution >= 0.6 is 0 Å². The Morgan fingerprint density at radius 2 is 0.712 bits per heavy atom. The standard InChI is InChI=1S/C54H82O50/c55-4-9(59)32-18(63)12(1-52(89,102-32)49(83)84)100-54(51(87)88)3-14(101-53(50(85)86)2-13(91-45-28(73)20(65)23(68)38(97-45)41(77)78)36(33(103-53)10(60)5-56)95-48-30(75)22(67)25(70)40(99-48)43(81)82)37(34(104-54)11(61)6-57)96-46-31(76)26(71)35(94-47-29(74)21(66)24(69)39(98-47)42(79)80)16(93-46)8-90-44-27(72)19(64)17(62)15(7-58)92-44/h9-40,44-48,55-76,89H,1-8H2,(H,77,78)(H,79,80)(H,81,82)(H,83,84)(H,85,86)(H,87,88)/t9-,10-,11-,12-,13-,14-,15-,16-,17+,18-,19+,20+,21+,22+,23-,24-,25-,26-,27-,28-,29-,30-,31+,32-,33-,34-,35-,36-,37-,38+,39+,40+,44+,45+,46-,47+,48+,52-,53-,54-/m1/s1. The first-order valence-electron chi connectivity index (χ1n) is 31.3. The minimum absolute atomic E-state index is 1.09. The van der Waals surface area contributed by atoms with Gasteiger partial charge in [0.1, 0.15) is 159 Å². The molecule has 598 valence electrons. The lowest BCUT2D eigenvalue weighted by atomic mass is 9.88. The largest absolute Gasteiger partial charge is 0.479 e. The molecule has 8 fully saturated rings. The van der Waals surface area contributed by atoms with Crippen LogP contribution in [0.5, 0.6) is 0 Å². The van der Waals surface area contributed by atoms with Crippen molar-refractivity contribution in [2.45, 2.75) is 263 Å². The van der Waals surface area contributed by atoms with Crippen LogP contribution in [-0.2, 0) is 99.8 Å². The van der Waals surface area contributed by atoms with Gasteiger partial charge in [0.2, 0.25) is 0 Å². The number of ether oxygens (including phenoxy) is 15. The SMILES string of the molecule is O=C(O)[C@H]1O[C@H](O[C@@H]2C[C@](O[C@@H]3C[C@](O[C@@H]4C[C@](O)(C(=O)O)O[C@H]([C@H](O)CO)[C@@H]4O)(C(=O)O)O[C@H]([C@H](O)CO)[C@@H]3O[C@H]3O[C@H](CO[C@H]4O[C@H](CO)[C@H](O)[C@H](O)[C@H]4O)[C@@H](O[C@H]4O[C@H](C(=O)O)[C@H](O)[C@H](O)[C@H]4O)[C@H](O)[C@@H]3O)(C(=O)O)O[C@H]([C@H](O)CO)[C@@H]2O[C@H]2O[C@H](C(=O)O)[C@H](O)[C@H](O)[C@H]2O)[C@H](O)[C@@H](O)[C@H]1O. The van der Waals surface area contributed by atoms with Crippen molar-refractivity contribution in [2.24, 2.45) is 0 Å². The van der Waals surface area contributed by atoms with Crippen LogP contribution in [0.15, 0.2) is 0 Å². The summed E-state index contributed by atoms with van der Waals surface area (Å²) in [4.78, 5) is 77.9. The van der Waals surface area contributed by atoms with E-state index >= 15 is 0 Å². The summed E-state index contributed by atoms with van der Waals surface area (Å²) in [7, 11) is 0. The first-order chi connectivity index (χ1) is 48.6. The smallest absolute Gasteiger partial charge is 0.364 e. The van der Waals surface area contributed by atoms with Crippen LogP contribution in [0.2, 0.25) is 0 Å². The van der Waals surface area contributed by atoms with Crippen LogP contribution in [0.1, 0.15) is 19.3 Å². The highest BCUT2D eigenvalue weighted by atomic mass is 16.8. The molecule has 0 spiro atoms. The topological polar surface area (TPSA) is 828 Å². The number of aliphatic hydroxyl groups is 23. The fourth-order valence-electron chi connectivity index (χ4n) is 12.7. The molecule has 0 bridgehead atoms. The number of rotatable bonds is 28. The van der Waals surface area contributed by atoms with Gasteiger partial charge in [-0.05, 0) is 0 Å². The lowest BCUT2D eigenvalue weighted by Gasteiger charge is -2.54. The van der Waals surface area contributed by atoms with Gasteiger partial charge in [-0.3, -0.25) is 0 Å². The van der Waals surface area contributed by atoms with Crippen LogP contribution in [-0.4, -0.2) is 461 Å². The molecule has 104 heavy (non-hydrogen) atoms. The molecule has 0 aromatic rings. The average Bonchev–Trinajstić information content (AvgIpc) is 0.737. The fraction of sp³-hybridized carbons (Fsp3) is 0.889. The molecule has 0 saturated carbocycles. The molecule has 0 unspecified atom stereocenters. The van der Waals surface area contributed by atoms with Crippen LogP contribution in [0.3, 0.4) is 0 Å². The van der Waals surface area contributed by atoms with Crippen molar-refractivity contribution in [2.75, 3.05) is 33.0 Å². The number of hydrogen-bond acceptors (Lipinski definition) is 44. The van der Waals surface area contributed by atoms with Gasteiger partial charge >= 0.3 is 35.8 Å². The number of aliphatic carboxylic acids is 6. The van der Waals surface area contributed by atoms with Crippen LogP contribution in [0.25, 0.3) is 0 Å². The maximum absolute atomic E-state index is 14.5. The third kappa shape index (κ3) is 17.0. The van der Waals surface area contributed by atoms with Crippen molar-refractivity contribution in [3.8, 4) is 0 Å². The maximum atomic E-state index is 14.5. The second-order valence-corrected chi connectivity index (χ2v) is 25.4. The lowest BCUT2D eigenvalue weighted by Crippen LogP contribution is -2.72. The van der Waals surface area contributed by atoms with Crippen molar-refractivity contribution in [3.05, 3.63) is 0 Å². The highest BCUT2D eigenvalue weighted by molar-refractivity contribution is 5.78. The minimum Gasteiger partial charge on any atom is -0.479 e. The van der Waals surface area contributed by atoms with Crippen molar-refractivity contribution >= 4 is 35.8 Å². The molecule has 0 aliphatic carbocycles. The molecule has 0 amide bonds. The summed E-state index contributed by atoms with van der Waals surface area (Å²) < 4.78 is 84.6. The van der Waals surface area contributed by atoms with E-state index in [9.17, 15) is 177 Å². The number of aliphatic hydroxyl groups excluding tert-OH is 22. The van der Waals surface area contributed by atoms with Gasteiger partial charge in [-0.1, -0.05) is 0 Å². The number of carbonyl (C=O) groups is 6. The van der Waals surface area contributed by atoms with Gasteiger partial charge in [0.05, 0.1) is 51.3 Å². The Hall–Kier alpha value is -4.70. The zero-order chi connectivity index (χ0) is 77.6. The van der Waals surface area contributed by atoms with Crippen molar-refractivity contribution in [1.82, 2.24) is 0 Å².